The lowest BCUT2D eigenvalue weighted by atomic mass is 9.86. The van der Waals surface area contributed by atoms with E-state index in [1.54, 1.807) is 0 Å². The van der Waals surface area contributed by atoms with E-state index in [0.717, 1.165) is 0 Å². The van der Waals surface area contributed by atoms with Crippen LogP contribution < -0.4 is 10.0 Å². The molecule has 1 aromatic rings. The Balaban J connectivity index is 2.05. The molecule has 148 valence electrons. The number of hydrogen-bond donors (Lipinski definition) is 3. The summed E-state index contributed by atoms with van der Waals surface area (Å²) in [5.74, 6) is -2.26. The van der Waals surface area contributed by atoms with Gasteiger partial charge in [-0.15, -0.1) is 6.58 Å². The van der Waals surface area contributed by atoms with Crippen LogP contribution in [0.25, 0.3) is 0 Å². The highest BCUT2D eigenvalue weighted by molar-refractivity contribution is 7.89. The van der Waals surface area contributed by atoms with E-state index in [1.165, 1.54) is 30.3 Å². The minimum atomic E-state index is -3.75. The maximum atomic E-state index is 12.4. The largest absolute Gasteiger partial charge is 0.481 e. The molecule has 0 aliphatic carbocycles. The summed E-state index contributed by atoms with van der Waals surface area (Å²) in [5, 5.41) is 12.1. The Morgan fingerprint density at radius 3 is 2.67 bits per heavy atom. The summed E-state index contributed by atoms with van der Waals surface area (Å²) >= 11 is 0. The minimum Gasteiger partial charge on any atom is -0.481 e. The van der Waals surface area contributed by atoms with Gasteiger partial charge in [-0.3, -0.25) is 9.59 Å². The van der Waals surface area contributed by atoms with Crippen LogP contribution in [-0.4, -0.2) is 51.7 Å². The first kappa shape index (κ1) is 21.1. The number of carboxylic acids is 1. The van der Waals surface area contributed by atoms with Crippen molar-refractivity contribution >= 4 is 21.9 Å². The summed E-state index contributed by atoms with van der Waals surface area (Å²) in [6.07, 6.45) is 2.68. The van der Waals surface area contributed by atoms with Crippen LogP contribution in [0.3, 0.4) is 0 Å². The predicted molar refractivity (Wildman–Crippen MR) is 98.8 cm³/mol. The average molecular weight is 396 g/mol. The van der Waals surface area contributed by atoms with Gasteiger partial charge in [0.25, 0.3) is 5.91 Å². The summed E-state index contributed by atoms with van der Waals surface area (Å²) in [6, 6.07) is 5.58. The van der Waals surface area contributed by atoms with Crippen LogP contribution in [0.5, 0.6) is 0 Å². The zero-order valence-electron chi connectivity index (χ0n) is 14.9. The molecule has 0 saturated carbocycles. The molecule has 1 saturated heterocycles. The van der Waals surface area contributed by atoms with Crippen molar-refractivity contribution < 1.29 is 27.9 Å². The maximum absolute atomic E-state index is 12.4. The van der Waals surface area contributed by atoms with Gasteiger partial charge >= 0.3 is 5.97 Å². The van der Waals surface area contributed by atoms with Gasteiger partial charge in [-0.25, -0.2) is 13.1 Å². The third-order valence-corrected chi connectivity index (χ3v) is 5.88. The number of sulfonamides is 1. The Hall–Kier alpha value is -2.23. The van der Waals surface area contributed by atoms with Gasteiger partial charge in [-0.05, 0) is 37.0 Å². The molecule has 2 rings (SSSR count). The molecule has 1 amide bonds. The number of carbonyl (C=O) groups is 2. The number of carbonyl (C=O) groups excluding carboxylic acids is 1. The molecule has 0 bridgehead atoms. The fraction of sp³-hybridized carbons (Fsp3) is 0.444. The first-order valence-electron chi connectivity index (χ1n) is 8.64. The fourth-order valence-corrected chi connectivity index (χ4v) is 3.98. The van der Waals surface area contributed by atoms with Crippen molar-refractivity contribution in [2.45, 2.75) is 17.7 Å². The van der Waals surface area contributed by atoms with E-state index in [1.807, 2.05) is 0 Å². The summed E-state index contributed by atoms with van der Waals surface area (Å²) < 4.78 is 31.9. The van der Waals surface area contributed by atoms with Gasteiger partial charge < -0.3 is 15.2 Å². The molecule has 1 fully saturated rings. The molecule has 8 nitrogen and oxygen atoms in total. The Kier molecular flexibility index (Phi) is 7.52. The second-order valence-electron chi connectivity index (χ2n) is 6.27. The van der Waals surface area contributed by atoms with E-state index < -0.39 is 27.8 Å². The topological polar surface area (TPSA) is 122 Å². The number of carboxylic acid groups (broad SMARTS) is 1. The van der Waals surface area contributed by atoms with Gasteiger partial charge in [0, 0.05) is 31.9 Å². The molecule has 3 N–H and O–H groups in total. The van der Waals surface area contributed by atoms with Crippen LogP contribution in [-0.2, 0) is 19.6 Å². The van der Waals surface area contributed by atoms with Crippen LogP contribution in [0.2, 0.25) is 0 Å². The lowest BCUT2D eigenvalue weighted by Crippen LogP contribution is -2.39. The van der Waals surface area contributed by atoms with Crippen molar-refractivity contribution in [3.05, 3.63) is 42.5 Å². The van der Waals surface area contributed by atoms with Crippen LogP contribution in [0.1, 0.15) is 23.2 Å². The number of aliphatic carboxylic acids is 1. The zero-order valence-corrected chi connectivity index (χ0v) is 15.7. The number of amides is 1. The van der Waals surface area contributed by atoms with E-state index >= 15 is 0 Å². The monoisotopic (exact) mass is 396 g/mol. The fourth-order valence-electron chi connectivity index (χ4n) is 2.93. The molecule has 0 spiro atoms. The summed E-state index contributed by atoms with van der Waals surface area (Å²) in [4.78, 5) is 23.9. The van der Waals surface area contributed by atoms with Crippen LogP contribution in [0.15, 0.2) is 41.8 Å². The van der Waals surface area contributed by atoms with Gasteiger partial charge in [0.1, 0.15) is 0 Å². The molecule has 1 aliphatic heterocycles. The number of rotatable bonds is 9. The second kappa shape index (κ2) is 9.63. The number of nitrogens with one attached hydrogen (secondary N) is 2. The third kappa shape index (κ3) is 5.88. The van der Waals surface area contributed by atoms with Crippen molar-refractivity contribution in [1.29, 1.82) is 0 Å². The molecule has 1 aliphatic rings. The van der Waals surface area contributed by atoms with E-state index in [0.29, 0.717) is 26.1 Å². The first-order chi connectivity index (χ1) is 12.8. The molecule has 9 heteroatoms. The van der Waals surface area contributed by atoms with Crippen molar-refractivity contribution in [2.24, 2.45) is 11.8 Å². The van der Waals surface area contributed by atoms with Crippen molar-refractivity contribution in [3.8, 4) is 0 Å². The number of ether oxygens (including phenoxy) is 1. The molecular formula is C18H24N2O6S. The minimum absolute atomic E-state index is 0.0233. The number of benzene rings is 1. The van der Waals surface area contributed by atoms with Gasteiger partial charge in [0.15, 0.2) is 0 Å². The van der Waals surface area contributed by atoms with Crippen LogP contribution in [0, 0.1) is 11.8 Å². The highest BCUT2D eigenvalue weighted by Crippen LogP contribution is 2.24. The molecule has 1 heterocycles. The molecule has 0 radical (unpaired) electrons. The third-order valence-electron chi connectivity index (χ3n) is 4.46. The molecule has 1 atom stereocenters. The van der Waals surface area contributed by atoms with Crippen molar-refractivity contribution in [3.63, 3.8) is 0 Å². The van der Waals surface area contributed by atoms with Crippen LogP contribution in [0.4, 0.5) is 0 Å². The lowest BCUT2D eigenvalue weighted by molar-refractivity contribution is -0.144. The highest BCUT2D eigenvalue weighted by Gasteiger charge is 2.30. The lowest BCUT2D eigenvalue weighted by Gasteiger charge is -2.27. The summed E-state index contributed by atoms with van der Waals surface area (Å²) in [7, 11) is -3.75. The van der Waals surface area contributed by atoms with E-state index in [-0.39, 0.29) is 29.5 Å². The van der Waals surface area contributed by atoms with E-state index in [4.69, 9.17) is 4.74 Å². The van der Waals surface area contributed by atoms with Crippen molar-refractivity contribution in [2.75, 3.05) is 26.3 Å². The van der Waals surface area contributed by atoms with Gasteiger partial charge in [0.2, 0.25) is 10.0 Å². The average Bonchev–Trinajstić information content (AvgIpc) is 2.67. The standard InChI is InChI=1S/C18H24N2O6S/c1-2-8-20-27(24,25)15-5-3-4-14(11-15)17(21)19-12-16(18(22)23)13-6-9-26-10-7-13/h2-5,11,13,16,20H,1,6-10,12H2,(H,19,21)(H,22,23). The Morgan fingerprint density at radius 1 is 1.33 bits per heavy atom. The molecule has 1 unspecified atom stereocenters. The van der Waals surface area contributed by atoms with Crippen LogP contribution >= 0.6 is 0 Å². The van der Waals surface area contributed by atoms with Crippen molar-refractivity contribution in [1.82, 2.24) is 10.0 Å². The quantitative estimate of drug-likeness (QED) is 0.536. The number of hydrogen-bond acceptors (Lipinski definition) is 5. The normalized spacial score (nSPS) is 16.4. The second-order valence-corrected chi connectivity index (χ2v) is 8.04. The first-order valence-corrected chi connectivity index (χ1v) is 10.1. The maximum Gasteiger partial charge on any atom is 0.308 e. The zero-order chi connectivity index (χ0) is 19.9. The smallest absolute Gasteiger partial charge is 0.308 e. The Bertz CT molecular complexity index is 787. The summed E-state index contributed by atoms with van der Waals surface area (Å²) in [6.45, 7) is 4.53. The molecular weight excluding hydrogens is 372 g/mol. The predicted octanol–water partition coefficient (Wildman–Crippen LogP) is 1.01. The van der Waals surface area contributed by atoms with E-state index in [2.05, 4.69) is 16.6 Å². The summed E-state index contributed by atoms with van der Waals surface area (Å²) in [5.41, 5.74) is 0.146. The van der Waals surface area contributed by atoms with Gasteiger partial charge in [0.05, 0.1) is 10.8 Å². The molecule has 0 aromatic heterocycles. The molecule has 27 heavy (non-hydrogen) atoms. The van der Waals surface area contributed by atoms with E-state index in [9.17, 15) is 23.1 Å². The highest BCUT2D eigenvalue weighted by atomic mass is 32.2. The Morgan fingerprint density at radius 2 is 2.04 bits per heavy atom. The van der Waals surface area contributed by atoms with Gasteiger partial charge in [-0.1, -0.05) is 12.1 Å². The SMILES string of the molecule is C=CCNS(=O)(=O)c1cccc(C(=O)NCC(C(=O)O)C2CCOCC2)c1. The Labute approximate surface area is 158 Å². The van der Waals surface area contributed by atoms with Gasteiger partial charge in [-0.2, -0.15) is 0 Å². The molecule has 1 aromatic carbocycles.